The largest absolute Gasteiger partial charge is 0.347 e. The zero-order chi connectivity index (χ0) is 6.91. The van der Waals surface area contributed by atoms with E-state index in [1.807, 2.05) is 13.8 Å². The first-order valence-corrected chi connectivity index (χ1v) is 3.99. The van der Waals surface area contributed by atoms with Crippen LogP contribution in [0.4, 0.5) is 0 Å². The van der Waals surface area contributed by atoms with E-state index in [0.717, 1.165) is 0 Å². The van der Waals surface area contributed by atoms with Crippen LogP contribution < -0.4 is 0 Å². The van der Waals surface area contributed by atoms with Crippen molar-refractivity contribution < 1.29 is 9.47 Å². The molecule has 3 heteroatoms. The number of hydrogen-bond donors (Lipinski definition) is 0. The first-order chi connectivity index (χ1) is 4.15. The standard InChI is InChI=1S/C6H11BrO2/c1-5(7)6(2)8-3-4-9-6/h5H,3-4H2,1-2H3. The second-order valence-electron chi connectivity index (χ2n) is 2.33. The number of halogens is 1. The summed E-state index contributed by atoms with van der Waals surface area (Å²) in [4.78, 5) is 0.257. The molecule has 1 atom stereocenters. The van der Waals surface area contributed by atoms with Gasteiger partial charge >= 0.3 is 0 Å². The second-order valence-corrected chi connectivity index (χ2v) is 3.70. The SMILES string of the molecule is CC(Br)C1(C)OCCO1. The van der Waals surface area contributed by atoms with E-state index in [-0.39, 0.29) is 10.6 Å². The average Bonchev–Trinajstić information content (AvgIpc) is 2.16. The third-order valence-corrected chi connectivity index (χ3v) is 2.41. The summed E-state index contributed by atoms with van der Waals surface area (Å²) in [6, 6.07) is 0. The van der Waals surface area contributed by atoms with Crippen molar-refractivity contribution in [2.45, 2.75) is 24.5 Å². The quantitative estimate of drug-likeness (QED) is 0.590. The third-order valence-electron chi connectivity index (χ3n) is 1.58. The Morgan fingerprint density at radius 1 is 1.44 bits per heavy atom. The second kappa shape index (κ2) is 2.56. The van der Waals surface area contributed by atoms with Crippen LogP contribution in [0.15, 0.2) is 0 Å². The molecule has 1 fully saturated rings. The highest BCUT2D eigenvalue weighted by Gasteiger charge is 2.35. The van der Waals surface area contributed by atoms with E-state index >= 15 is 0 Å². The molecule has 0 spiro atoms. The van der Waals surface area contributed by atoms with Crippen LogP contribution in [0.5, 0.6) is 0 Å². The van der Waals surface area contributed by atoms with Crippen molar-refractivity contribution in [1.82, 2.24) is 0 Å². The highest BCUT2D eigenvalue weighted by molar-refractivity contribution is 9.09. The number of alkyl halides is 1. The molecule has 0 saturated carbocycles. The number of rotatable bonds is 1. The summed E-state index contributed by atoms with van der Waals surface area (Å²) in [5.41, 5.74) is 0. The lowest BCUT2D eigenvalue weighted by Crippen LogP contribution is -2.34. The highest BCUT2D eigenvalue weighted by atomic mass is 79.9. The van der Waals surface area contributed by atoms with E-state index in [4.69, 9.17) is 9.47 Å². The van der Waals surface area contributed by atoms with E-state index in [1.165, 1.54) is 0 Å². The van der Waals surface area contributed by atoms with E-state index in [0.29, 0.717) is 13.2 Å². The van der Waals surface area contributed by atoms with Gasteiger partial charge in [0, 0.05) is 0 Å². The predicted octanol–water partition coefficient (Wildman–Crippen LogP) is 1.53. The van der Waals surface area contributed by atoms with Gasteiger partial charge in [-0.3, -0.25) is 0 Å². The molecule has 54 valence electrons. The van der Waals surface area contributed by atoms with Gasteiger partial charge in [0.2, 0.25) is 0 Å². The fourth-order valence-corrected chi connectivity index (χ4v) is 1.02. The third kappa shape index (κ3) is 1.45. The lowest BCUT2D eigenvalue weighted by Gasteiger charge is -2.24. The Hall–Kier alpha value is 0.400. The smallest absolute Gasteiger partial charge is 0.177 e. The molecule has 1 aliphatic heterocycles. The van der Waals surface area contributed by atoms with Crippen molar-refractivity contribution >= 4 is 15.9 Å². The lowest BCUT2D eigenvalue weighted by molar-refractivity contribution is -0.137. The topological polar surface area (TPSA) is 18.5 Å². The van der Waals surface area contributed by atoms with Crippen LogP contribution in [0, 0.1) is 0 Å². The molecule has 1 aliphatic rings. The molecule has 0 amide bonds. The molecule has 0 bridgehead atoms. The minimum Gasteiger partial charge on any atom is -0.347 e. The van der Waals surface area contributed by atoms with E-state index in [9.17, 15) is 0 Å². The predicted molar refractivity (Wildman–Crippen MR) is 38.7 cm³/mol. The molecule has 0 aliphatic carbocycles. The fraction of sp³-hybridized carbons (Fsp3) is 1.00. The minimum atomic E-state index is -0.389. The van der Waals surface area contributed by atoms with Gasteiger partial charge in [-0.2, -0.15) is 0 Å². The molecule has 0 aromatic rings. The number of ether oxygens (including phenoxy) is 2. The van der Waals surface area contributed by atoms with Crippen molar-refractivity contribution in [2.24, 2.45) is 0 Å². The maximum absolute atomic E-state index is 5.33. The van der Waals surface area contributed by atoms with Gasteiger partial charge in [-0.25, -0.2) is 0 Å². The van der Waals surface area contributed by atoms with Crippen LogP contribution in [0.25, 0.3) is 0 Å². The Balaban J connectivity index is 2.51. The van der Waals surface area contributed by atoms with Crippen LogP contribution in [0.1, 0.15) is 13.8 Å². The summed E-state index contributed by atoms with van der Waals surface area (Å²) in [6.07, 6.45) is 0. The summed E-state index contributed by atoms with van der Waals surface area (Å²) in [6.45, 7) is 5.39. The van der Waals surface area contributed by atoms with Crippen LogP contribution in [-0.4, -0.2) is 23.8 Å². The summed E-state index contributed by atoms with van der Waals surface area (Å²) >= 11 is 3.41. The summed E-state index contributed by atoms with van der Waals surface area (Å²) < 4.78 is 10.7. The molecule has 0 radical (unpaired) electrons. The molecule has 2 nitrogen and oxygen atoms in total. The summed E-state index contributed by atoms with van der Waals surface area (Å²) in [5, 5.41) is 0. The Bertz CT molecular complexity index is 97.2. The van der Waals surface area contributed by atoms with Gasteiger partial charge in [-0.05, 0) is 13.8 Å². The fourth-order valence-electron chi connectivity index (χ4n) is 0.760. The minimum absolute atomic E-state index is 0.257. The van der Waals surface area contributed by atoms with E-state index in [2.05, 4.69) is 15.9 Å². The van der Waals surface area contributed by atoms with Crippen molar-refractivity contribution in [1.29, 1.82) is 0 Å². The molecule has 1 unspecified atom stereocenters. The van der Waals surface area contributed by atoms with E-state index in [1.54, 1.807) is 0 Å². The van der Waals surface area contributed by atoms with Crippen LogP contribution in [-0.2, 0) is 9.47 Å². The highest BCUT2D eigenvalue weighted by Crippen LogP contribution is 2.27. The molecule has 0 N–H and O–H groups in total. The van der Waals surface area contributed by atoms with Gasteiger partial charge in [0.25, 0.3) is 0 Å². The van der Waals surface area contributed by atoms with Crippen molar-refractivity contribution in [2.75, 3.05) is 13.2 Å². The Morgan fingerprint density at radius 2 is 1.89 bits per heavy atom. The van der Waals surface area contributed by atoms with Gasteiger partial charge in [0.15, 0.2) is 5.79 Å². The molecule has 1 rings (SSSR count). The van der Waals surface area contributed by atoms with E-state index < -0.39 is 0 Å². The number of hydrogen-bond acceptors (Lipinski definition) is 2. The first kappa shape index (κ1) is 7.51. The van der Waals surface area contributed by atoms with Crippen molar-refractivity contribution in [3.8, 4) is 0 Å². The van der Waals surface area contributed by atoms with Gasteiger partial charge < -0.3 is 9.47 Å². The molecular weight excluding hydrogens is 184 g/mol. The Morgan fingerprint density at radius 3 is 2.11 bits per heavy atom. The molecule has 0 aromatic carbocycles. The van der Waals surface area contributed by atoms with Crippen LogP contribution in [0.2, 0.25) is 0 Å². The van der Waals surface area contributed by atoms with Crippen molar-refractivity contribution in [3.05, 3.63) is 0 Å². The zero-order valence-electron chi connectivity index (χ0n) is 5.69. The van der Waals surface area contributed by atoms with Crippen molar-refractivity contribution in [3.63, 3.8) is 0 Å². The molecule has 1 saturated heterocycles. The Labute approximate surface area is 63.7 Å². The first-order valence-electron chi connectivity index (χ1n) is 3.07. The molecule has 0 aromatic heterocycles. The summed E-state index contributed by atoms with van der Waals surface area (Å²) in [5.74, 6) is -0.389. The van der Waals surface area contributed by atoms with Gasteiger partial charge in [-0.15, -0.1) is 0 Å². The zero-order valence-corrected chi connectivity index (χ0v) is 7.27. The monoisotopic (exact) mass is 194 g/mol. The summed E-state index contributed by atoms with van der Waals surface area (Å²) in [7, 11) is 0. The lowest BCUT2D eigenvalue weighted by atomic mass is 10.2. The molecular formula is C6H11BrO2. The maximum atomic E-state index is 5.33. The van der Waals surface area contributed by atoms with Crippen LogP contribution in [0.3, 0.4) is 0 Å². The maximum Gasteiger partial charge on any atom is 0.177 e. The van der Waals surface area contributed by atoms with Gasteiger partial charge in [-0.1, -0.05) is 15.9 Å². The normalized spacial score (nSPS) is 28.3. The van der Waals surface area contributed by atoms with Gasteiger partial charge in [0.05, 0.1) is 18.0 Å². The van der Waals surface area contributed by atoms with Gasteiger partial charge in [0.1, 0.15) is 0 Å². The molecule has 1 heterocycles. The van der Waals surface area contributed by atoms with Crippen LogP contribution >= 0.6 is 15.9 Å². The Kier molecular flexibility index (Phi) is 2.14. The molecule has 9 heavy (non-hydrogen) atoms. The average molecular weight is 195 g/mol.